The summed E-state index contributed by atoms with van der Waals surface area (Å²) in [5.41, 5.74) is 2.44. The Morgan fingerprint density at radius 2 is 1.88 bits per heavy atom. The quantitative estimate of drug-likeness (QED) is 0.441. The van der Waals surface area contributed by atoms with E-state index in [-0.39, 0.29) is 0 Å². The summed E-state index contributed by atoms with van der Waals surface area (Å²) in [5, 5.41) is 10.3. The molecule has 0 N–H and O–H groups in total. The first-order chi connectivity index (χ1) is 16.3. The monoisotopic (exact) mass is 464 g/mol. The fourth-order valence-corrected chi connectivity index (χ4v) is 5.79. The van der Waals surface area contributed by atoms with E-state index >= 15 is 0 Å². The fourth-order valence-electron chi connectivity index (χ4n) is 4.77. The number of hydrogen-bond acceptors (Lipinski definition) is 6. The Kier molecular flexibility index (Phi) is 7.29. The highest BCUT2D eigenvalue weighted by Gasteiger charge is 2.28. The third-order valence-corrected chi connectivity index (χ3v) is 7.65. The van der Waals surface area contributed by atoms with Crippen LogP contribution in [0.1, 0.15) is 43.0 Å². The van der Waals surface area contributed by atoms with Crippen molar-refractivity contribution in [2.24, 2.45) is 0 Å². The lowest BCUT2D eigenvalue weighted by molar-refractivity contribution is 0.129. The smallest absolute Gasteiger partial charge is 0.195 e. The fraction of sp³-hybridized carbons (Fsp3) is 0.462. The Hall–Kier alpha value is -2.35. The average Bonchev–Trinajstić information content (AvgIpc) is 3.54. The van der Waals surface area contributed by atoms with Crippen LogP contribution in [0.5, 0.6) is 5.75 Å². The maximum Gasteiger partial charge on any atom is 0.195 e. The van der Waals surface area contributed by atoms with Crippen LogP contribution in [-0.2, 0) is 11.3 Å². The van der Waals surface area contributed by atoms with Crippen LogP contribution in [0.2, 0.25) is 0 Å². The Labute approximate surface area is 200 Å². The second-order valence-corrected chi connectivity index (χ2v) is 9.85. The van der Waals surface area contributed by atoms with Crippen LogP contribution in [0.25, 0.3) is 5.69 Å². The Morgan fingerprint density at radius 1 is 1.03 bits per heavy atom. The van der Waals surface area contributed by atoms with Crippen molar-refractivity contribution < 1.29 is 9.47 Å². The van der Waals surface area contributed by atoms with Gasteiger partial charge in [0.05, 0.1) is 18.9 Å². The van der Waals surface area contributed by atoms with Gasteiger partial charge in [-0.05, 0) is 56.5 Å². The molecule has 5 rings (SSSR count). The van der Waals surface area contributed by atoms with E-state index < -0.39 is 0 Å². The van der Waals surface area contributed by atoms with E-state index in [4.69, 9.17) is 14.6 Å². The summed E-state index contributed by atoms with van der Waals surface area (Å²) in [6.07, 6.45) is 4.78. The van der Waals surface area contributed by atoms with Crippen LogP contribution >= 0.6 is 11.8 Å². The molecule has 2 fully saturated rings. The highest BCUT2D eigenvalue weighted by Crippen LogP contribution is 2.34. The molecule has 0 spiro atoms. The second-order valence-electron chi connectivity index (χ2n) is 8.86. The molecule has 6 nitrogen and oxygen atoms in total. The number of thioether (sulfide) groups is 1. The van der Waals surface area contributed by atoms with Crippen LogP contribution in [0.3, 0.4) is 0 Å². The number of methoxy groups -OCH3 is 1. The van der Waals surface area contributed by atoms with Crippen molar-refractivity contribution >= 4 is 11.8 Å². The summed E-state index contributed by atoms with van der Waals surface area (Å²) in [4.78, 5) is 2.55. The van der Waals surface area contributed by atoms with Crippen molar-refractivity contribution in [1.82, 2.24) is 19.7 Å². The Morgan fingerprint density at radius 3 is 2.64 bits per heavy atom. The predicted octanol–water partition coefficient (Wildman–Crippen LogP) is 4.93. The van der Waals surface area contributed by atoms with Crippen LogP contribution in [0.4, 0.5) is 0 Å². The van der Waals surface area contributed by atoms with Gasteiger partial charge in [0.2, 0.25) is 0 Å². The van der Waals surface area contributed by atoms with Gasteiger partial charge >= 0.3 is 0 Å². The molecule has 1 atom stereocenters. The number of hydrogen-bond donors (Lipinski definition) is 0. The van der Waals surface area contributed by atoms with Gasteiger partial charge in [-0.25, -0.2) is 0 Å². The number of aromatic nitrogens is 3. The summed E-state index contributed by atoms with van der Waals surface area (Å²) in [6.45, 7) is 4.03. The van der Waals surface area contributed by atoms with Crippen LogP contribution in [0.15, 0.2) is 59.8 Å². The summed E-state index contributed by atoms with van der Waals surface area (Å²) in [7, 11) is 1.71. The van der Waals surface area contributed by atoms with Crippen molar-refractivity contribution in [3.05, 3.63) is 66.0 Å². The first kappa shape index (κ1) is 22.4. The average molecular weight is 465 g/mol. The minimum atomic E-state index is 0.315. The van der Waals surface area contributed by atoms with Gasteiger partial charge in [-0.15, -0.1) is 10.2 Å². The minimum Gasteiger partial charge on any atom is -0.497 e. The first-order valence-electron chi connectivity index (χ1n) is 11.9. The molecule has 1 aromatic heterocycles. The zero-order chi connectivity index (χ0) is 22.5. The van der Waals surface area contributed by atoms with Crippen LogP contribution in [-0.4, -0.2) is 58.3 Å². The molecule has 1 unspecified atom stereocenters. The molecule has 33 heavy (non-hydrogen) atoms. The molecule has 0 saturated carbocycles. The lowest BCUT2D eigenvalue weighted by atomic mass is 9.95. The molecule has 0 radical (unpaired) electrons. The molecule has 0 aliphatic carbocycles. The lowest BCUT2D eigenvalue weighted by Gasteiger charge is -2.31. The normalized spacial score (nSPS) is 19.7. The van der Waals surface area contributed by atoms with E-state index in [1.54, 1.807) is 18.9 Å². The lowest BCUT2D eigenvalue weighted by Crippen LogP contribution is -2.33. The van der Waals surface area contributed by atoms with Crippen molar-refractivity contribution in [2.45, 2.75) is 49.4 Å². The van der Waals surface area contributed by atoms with Gasteiger partial charge in [-0.1, -0.05) is 48.2 Å². The van der Waals surface area contributed by atoms with Gasteiger partial charge in [0.25, 0.3) is 0 Å². The number of piperidine rings is 1. The standard InChI is InChI=1S/C26H32N4O2S/c1-31-23-10-5-9-22(17-23)30-25(27-28-26(30)33-19-24-11-6-16-32-24)21-12-14-29(15-13-21)18-20-7-3-2-4-8-20/h2-5,7-10,17,21,24H,6,11-16,18-19H2,1H3. The van der Waals surface area contributed by atoms with E-state index in [1.807, 2.05) is 12.1 Å². The molecular formula is C26H32N4O2S. The topological polar surface area (TPSA) is 52.4 Å². The molecule has 2 aliphatic heterocycles. The highest BCUT2D eigenvalue weighted by atomic mass is 32.2. The number of likely N-dealkylation sites (tertiary alicyclic amines) is 1. The summed E-state index contributed by atoms with van der Waals surface area (Å²) in [5.74, 6) is 3.22. The molecule has 3 heterocycles. The van der Waals surface area contributed by atoms with Gasteiger partial charge in [-0.3, -0.25) is 9.47 Å². The Balaban J connectivity index is 1.34. The van der Waals surface area contributed by atoms with Crippen LogP contribution in [0, 0.1) is 0 Å². The van der Waals surface area contributed by atoms with Gasteiger partial charge in [0.1, 0.15) is 11.6 Å². The maximum absolute atomic E-state index is 5.84. The van der Waals surface area contributed by atoms with E-state index in [0.29, 0.717) is 12.0 Å². The molecule has 0 bridgehead atoms. The van der Waals surface area contributed by atoms with E-state index in [0.717, 1.165) is 80.1 Å². The van der Waals surface area contributed by atoms with Crippen LogP contribution < -0.4 is 4.74 Å². The van der Waals surface area contributed by atoms with Crippen molar-refractivity contribution in [2.75, 3.05) is 32.6 Å². The second kappa shape index (κ2) is 10.7. The first-order valence-corrected chi connectivity index (χ1v) is 12.9. The molecule has 0 amide bonds. The molecule has 2 saturated heterocycles. The third-order valence-electron chi connectivity index (χ3n) is 6.59. The summed E-state index contributed by atoms with van der Waals surface area (Å²) >= 11 is 1.75. The Bertz CT molecular complexity index is 1030. The zero-order valence-electron chi connectivity index (χ0n) is 19.2. The number of benzene rings is 2. The molecule has 174 valence electrons. The predicted molar refractivity (Wildman–Crippen MR) is 131 cm³/mol. The number of rotatable bonds is 8. The molecule has 7 heteroatoms. The molecular weight excluding hydrogens is 432 g/mol. The third kappa shape index (κ3) is 5.42. The van der Waals surface area contributed by atoms with Gasteiger partial charge < -0.3 is 9.47 Å². The maximum atomic E-state index is 5.84. The highest BCUT2D eigenvalue weighted by molar-refractivity contribution is 7.99. The van der Waals surface area contributed by atoms with Crippen molar-refractivity contribution in [1.29, 1.82) is 0 Å². The number of nitrogens with zero attached hydrogens (tertiary/aromatic N) is 4. The molecule has 2 aromatic carbocycles. The van der Waals surface area contributed by atoms with E-state index in [2.05, 4.69) is 57.0 Å². The molecule has 3 aromatic rings. The van der Waals surface area contributed by atoms with E-state index in [1.165, 1.54) is 5.56 Å². The zero-order valence-corrected chi connectivity index (χ0v) is 20.0. The SMILES string of the molecule is COc1cccc(-n2c(SCC3CCCO3)nnc2C2CCN(Cc3ccccc3)CC2)c1. The van der Waals surface area contributed by atoms with Gasteiger partial charge in [0.15, 0.2) is 5.16 Å². The van der Waals surface area contributed by atoms with Crippen molar-refractivity contribution in [3.63, 3.8) is 0 Å². The van der Waals surface area contributed by atoms with Gasteiger partial charge in [0, 0.05) is 30.9 Å². The summed E-state index contributed by atoms with van der Waals surface area (Å²) < 4.78 is 13.6. The molecule has 2 aliphatic rings. The summed E-state index contributed by atoms with van der Waals surface area (Å²) in [6, 6.07) is 19.0. The number of ether oxygens (including phenoxy) is 2. The van der Waals surface area contributed by atoms with Gasteiger partial charge in [-0.2, -0.15) is 0 Å². The van der Waals surface area contributed by atoms with Crippen molar-refractivity contribution in [3.8, 4) is 11.4 Å². The van der Waals surface area contributed by atoms with E-state index in [9.17, 15) is 0 Å². The minimum absolute atomic E-state index is 0.315. The largest absolute Gasteiger partial charge is 0.497 e.